The van der Waals surface area contributed by atoms with E-state index in [4.69, 9.17) is 5.11 Å². The zero-order valence-corrected chi connectivity index (χ0v) is 9.86. The third-order valence-electron chi connectivity index (χ3n) is 2.06. The first-order chi connectivity index (χ1) is 6.90. The Morgan fingerprint density at radius 2 is 1.87 bits per heavy atom. The number of amides is 2. The lowest BCUT2D eigenvalue weighted by Gasteiger charge is -2.29. The van der Waals surface area contributed by atoms with Crippen LogP contribution in [0.3, 0.4) is 0 Å². The lowest BCUT2D eigenvalue weighted by atomic mass is 10.3. The second-order valence-electron chi connectivity index (χ2n) is 3.82. The predicted octanol–water partition coefficient (Wildman–Crippen LogP) is 1.24. The molecule has 0 saturated heterocycles. The maximum atomic E-state index is 11.8. The zero-order chi connectivity index (χ0) is 12.0. The molecule has 0 atom stereocenters. The molecule has 5 heteroatoms. The van der Waals surface area contributed by atoms with Gasteiger partial charge >= 0.3 is 12.0 Å². The van der Waals surface area contributed by atoms with E-state index in [2.05, 4.69) is 0 Å². The Hall–Kier alpha value is -1.26. The zero-order valence-electron chi connectivity index (χ0n) is 9.86. The summed E-state index contributed by atoms with van der Waals surface area (Å²) in [6.45, 7) is 5.98. The molecule has 0 bridgehead atoms. The Balaban J connectivity index is 4.47. The molecule has 0 aliphatic rings. The maximum absolute atomic E-state index is 11.8. The summed E-state index contributed by atoms with van der Waals surface area (Å²) in [4.78, 5) is 25.3. The third kappa shape index (κ3) is 4.67. The summed E-state index contributed by atoms with van der Waals surface area (Å²) in [6, 6.07) is -0.331. The fourth-order valence-corrected chi connectivity index (χ4v) is 1.27. The monoisotopic (exact) mass is 216 g/mol. The Morgan fingerprint density at radius 1 is 1.33 bits per heavy atom. The topological polar surface area (TPSA) is 60.9 Å². The molecule has 0 spiro atoms. The fraction of sp³-hybridized carbons (Fsp3) is 0.800. The molecule has 0 heterocycles. The van der Waals surface area contributed by atoms with Crippen LogP contribution in [0.5, 0.6) is 0 Å². The molecule has 0 aromatic carbocycles. The molecule has 1 N–H and O–H groups in total. The number of rotatable bonds is 5. The fourth-order valence-electron chi connectivity index (χ4n) is 1.27. The number of nitrogens with zero attached hydrogens (tertiary/aromatic N) is 2. The lowest BCUT2D eigenvalue weighted by molar-refractivity contribution is -0.138. The van der Waals surface area contributed by atoms with E-state index >= 15 is 0 Å². The van der Waals surface area contributed by atoms with Crippen LogP contribution in [0.15, 0.2) is 0 Å². The molecule has 2 amide bonds. The molecule has 15 heavy (non-hydrogen) atoms. The summed E-state index contributed by atoms with van der Waals surface area (Å²) in [7, 11) is 1.68. The Labute approximate surface area is 90.7 Å². The van der Waals surface area contributed by atoms with Gasteiger partial charge in [0.2, 0.25) is 0 Å². The summed E-state index contributed by atoms with van der Waals surface area (Å²) in [6.07, 6.45) is 0.862. The Bertz CT molecular complexity index is 229. The SMILES string of the molecule is CCCN(C)C(=O)N(CC(=O)O)C(C)C. The van der Waals surface area contributed by atoms with E-state index in [9.17, 15) is 9.59 Å². The maximum Gasteiger partial charge on any atom is 0.323 e. The number of urea groups is 1. The quantitative estimate of drug-likeness (QED) is 0.752. The number of carbonyl (C=O) groups excluding carboxylic acids is 1. The molecule has 0 fully saturated rings. The Morgan fingerprint density at radius 3 is 2.20 bits per heavy atom. The van der Waals surface area contributed by atoms with Crippen molar-refractivity contribution in [2.45, 2.75) is 33.2 Å². The predicted molar refractivity (Wildman–Crippen MR) is 57.8 cm³/mol. The minimum atomic E-state index is -0.984. The van der Waals surface area contributed by atoms with E-state index in [0.29, 0.717) is 6.54 Å². The van der Waals surface area contributed by atoms with E-state index in [1.807, 2.05) is 6.92 Å². The van der Waals surface area contributed by atoms with Crippen LogP contribution in [0, 0.1) is 0 Å². The van der Waals surface area contributed by atoms with E-state index < -0.39 is 5.97 Å². The number of carboxylic acids is 1. The molecule has 88 valence electrons. The van der Waals surface area contributed by atoms with Crippen molar-refractivity contribution in [2.24, 2.45) is 0 Å². The van der Waals surface area contributed by atoms with Gasteiger partial charge in [0.05, 0.1) is 0 Å². The number of hydrogen-bond acceptors (Lipinski definition) is 2. The van der Waals surface area contributed by atoms with Crippen LogP contribution >= 0.6 is 0 Å². The first-order valence-electron chi connectivity index (χ1n) is 5.13. The molecular formula is C10H20N2O3. The minimum absolute atomic E-state index is 0.104. The van der Waals surface area contributed by atoms with Crippen molar-refractivity contribution in [2.75, 3.05) is 20.1 Å². The molecule has 0 aromatic rings. The third-order valence-corrected chi connectivity index (χ3v) is 2.06. The van der Waals surface area contributed by atoms with Gasteiger partial charge in [0.15, 0.2) is 0 Å². The molecule has 0 unspecified atom stereocenters. The second kappa shape index (κ2) is 6.27. The number of aliphatic carboxylic acids is 1. The molecule has 0 radical (unpaired) electrons. The first kappa shape index (κ1) is 13.7. The van der Waals surface area contributed by atoms with Crippen LogP contribution in [-0.2, 0) is 4.79 Å². The van der Waals surface area contributed by atoms with Crippen LogP contribution in [0.1, 0.15) is 27.2 Å². The van der Waals surface area contributed by atoms with Crippen LogP contribution in [0.2, 0.25) is 0 Å². The highest BCUT2D eigenvalue weighted by molar-refractivity contribution is 5.80. The van der Waals surface area contributed by atoms with Gasteiger partial charge in [-0.2, -0.15) is 0 Å². The highest BCUT2D eigenvalue weighted by Crippen LogP contribution is 2.03. The smallest absolute Gasteiger partial charge is 0.323 e. The summed E-state index contributed by atoms with van der Waals surface area (Å²) in [5.74, 6) is -0.984. The average Bonchev–Trinajstić information content (AvgIpc) is 2.12. The summed E-state index contributed by atoms with van der Waals surface area (Å²) < 4.78 is 0. The standard InChI is InChI=1S/C10H20N2O3/c1-5-6-11(4)10(15)12(8(2)3)7-9(13)14/h8H,5-7H2,1-4H3,(H,13,14). The molecular weight excluding hydrogens is 196 g/mol. The summed E-state index contributed by atoms with van der Waals surface area (Å²) >= 11 is 0. The molecule has 0 rings (SSSR count). The number of hydrogen-bond donors (Lipinski definition) is 1. The van der Waals surface area contributed by atoms with Crippen molar-refractivity contribution in [3.05, 3.63) is 0 Å². The van der Waals surface area contributed by atoms with Crippen molar-refractivity contribution in [3.63, 3.8) is 0 Å². The largest absolute Gasteiger partial charge is 0.480 e. The second-order valence-corrected chi connectivity index (χ2v) is 3.82. The van der Waals surface area contributed by atoms with Gasteiger partial charge in [-0.3, -0.25) is 4.79 Å². The number of carbonyl (C=O) groups is 2. The van der Waals surface area contributed by atoms with Gasteiger partial charge in [-0.05, 0) is 20.3 Å². The van der Waals surface area contributed by atoms with Gasteiger partial charge in [-0.25, -0.2) is 4.79 Å². The minimum Gasteiger partial charge on any atom is -0.480 e. The van der Waals surface area contributed by atoms with Gasteiger partial charge in [0, 0.05) is 19.6 Å². The van der Waals surface area contributed by atoms with E-state index in [1.165, 1.54) is 4.90 Å². The molecule has 0 aliphatic heterocycles. The van der Waals surface area contributed by atoms with Crippen molar-refractivity contribution in [1.29, 1.82) is 0 Å². The molecule has 0 aromatic heterocycles. The Kier molecular flexibility index (Phi) is 5.74. The van der Waals surface area contributed by atoms with Crippen LogP contribution in [0.4, 0.5) is 4.79 Å². The average molecular weight is 216 g/mol. The van der Waals surface area contributed by atoms with Gasteiger partial charge < -0.3 is 14.9 Å². The van der Waals surface area contributed by atoms with Crippen molar-refractivity contribution >= 4 is 12.0 Å². The van der Waals surface area contributed by atoms with E-state index in [0.717, 1.165) is 6.42 Å². The van der Waals surface area contributed by atoms with Crippen molar-refractivity contribution in [1.82, 2.24) is 9.80 Å². The molecule has 0 aliphatic carbocycles. The van der Waals surface area contributed by atoms with E-state index in [-0.39, 0.29) is 18.6 Å². The van der Waals surface area contributed by atoms with Crippen LogP contribution in [-0.4, -0.2) is 53.1 Å². The van der Waals surface area contributed by atoms with Gasteiger partial charge in [-0.15, -0.1) is 0 Å². The van der Waals surface area contributed by atoms with Gasteiger partial charge in [0.1, 0.15) is 6.54 Å². The molecule has 5 nitrogen and oxygen atoms in total. The van der Waals surface area contributed by atoms with Crippen LogP contribution in [0.25, 0.3) is 0 Å². The van der Waals surface area contributed by atoms with Crippen molar-refractivity contribution in [3.8, 4) is 0 Å². The lowest BCUT2D eigenvalue weighted by Crippen LogP contribution is -2.47. The van der Waals surface area contributed by atoms with Crippen LogP contribution < -0.4 is 0 Å². The number of carboxylic acid groups (broad SMARTS) is 1. The van der Waals surface area contributed by atoms with Gasteiger partial charge in [0.25, 0.3) is 0 Å². The normalized spacial score (nSPS) is 10.2. The van der Waals surface area contributed by atoms with Gasteiger partial charge in [-0.1, -0.05) is 6.92 Å². The summed E-state index contributed by atoms with van der Waals surface area (Å²) in [5.41, 5.74) is 0. The van der Waals surface area contributed by atoms with E-state index in [1.54, 1.807) is 25.8 Å². The molecule has 0 saturated carbocycles. The first-order valence-corrected chi connectivity index (χ1v) is 5.13. The highest BCUT2D eigenvalue weighted by atomic mass is 16.4. The van der Waals surface area contributed by atoms with Crippen molar-refractivity contribution < 1.29 is 14.7 Å². The summed E-state index contributed by atoms with van der Waals surface area (Å²) in [5, 5.41) is 8.68. The highest BCUT2D eigenvalue weighted by Gasteiger charge is 2.22.